The standard InChI is InChI=1S/C11H8F4O/c12-9-5-7(11(13,14)15)1-2-8(9)10(6-16)3-4-10/h1-2,5-6H,3-4H2. The minimum Gasteiger partial charge on any atom is -0.302 e. The Labute approximate surface area is 89.1 Å². The van der Waals surface area contributed by atoms with Gasteiger partial charge in [-0.05, 0) is 25.0 Å². The number of halogens is 4. The molecular formula is C11H8F4O. The Morgan fingerprint density at radius 1 is 1.25 bits per heavy atom. The molecule has 1 aliphatic rings. The van der Waals surface area contributed by atoms with E-state index in [2.05, 4.69) is 0 Å². The first-order chi connectivity index (χ1) is 7.39. The van der Waals surface area contributed by atoms with Gasteiger partial charge >= 0.3 is 6.18 Å². The molecule has 0 amide bonds. The van der Waals surface area contributed by atoms with Gasteiger partial charge < -0.3 is 4.79 Å². The van der Waals surface area contributed by atoms with Crippen molar-refractivity contribution < 1.29 is 22.4 Å². The van der Waals surface area contributed by atoms with Gasteiger partial charge in [-0.1, -0.05) is 6.07 Å². The van der Waals surface area contributed by atoms with Crippen LogP contribution < -0.4 is 0 Å². The molecule has 1 nitrogen and oxygen atoms in total. The average Bonchev–Trinajstić information content (AvgIpc) is 2.97. The van der Waals surface area contributed by atoms with Crippen molar-refractivity contribution in [2.24, 2.45) is 0 Å². The summed E-state index contributed by atoms with van der Waals surface area (Å²) in [4.78, 5) is 10.7. The molecule has 0 atom stereocenters. The third kappa shape index (κ3) is 1.70. The number of rotatable bonds is 2. The van der Waals surface area contributed by atoms with Crippen LogP contribution in [0.4, 0.5) is 17.6 Å². The molecule has 0 radical (unpaired) electrons. The minimum absolute atomic E-state index is 0.0653. The molecule has 1 saturated carbocycles. The number of benzene rings is 1. The van der Waals surface area contributed by atoms with Crippen molar-refractivity contribution in [3.8, 4) is 0 Å². The Kier molecular flexibility index (Phi) is 2.29. The van der Waals surface area contributed by atoms with Gasteiger partial charge in [0.15, 0.2) is 0 Å². The van der Waals surface area contributed by atoms with Crippen LogP contribution in [0.1, 0.15) is 24.0 Å². The average molecular weight is 232 g/mol. The molecule has 1 aromatic carbocycles. The quantitative estimate of drug-likeness (QED) is 0.565. The number of hydrogen-bond donors (Lipinski definition) is 0. The highest BCUT2D eigenvalue weighted by atomic mass is 19.4. The maximum atomic E-state index is 13.4. The van der Waals surface area contributed by atoms with E-state index in [1.54, 1.807) is 0 Å². The number of carbonyl (C=O) groups excluding carboxylic acids is 1. The van der Waals surface area contributed by atoms with Gasteiger partial charge in [0.2, 0.25) is 0 Å². The molecule has 0 bridgehead atoms. The van der Waals surface area contributed by atoms with Crippen molar-refractivity contribution in [2.75, 3.05) is 0 Å². The molecular weight excluding hydrogens is 224 g/mol. The SMILES string of the molecule is O=CC1(c2ccc(C(F)(F)F)cc2F)CC1. The molecule has 1 fully saturated rings. The number of carbonyl (C=O) groups is 1. The Balaban J connectivity index is 2.42. The summed E-state index contributed by atoms with van der Waals surface area (Å²) in [6.45, 7) is 0. The fourth-order valence-corrected chi connectivity index (χ4v) is 1.68. The highest BCUT2D eigenvalue weighted by molar-refractivity contribution is 5.73. The molecule has 0 aliphatic heterocycles. The summed E-state index contributed by atoms with van der Waals surface area (Å²) in [5.41, 5.74) is -1.85. The second kappa shape index (κ2) is 3.30. The zero-order valence-electron chi connectivity index (χ0n) is 8.14. The lowest BCUT2D eigenvalue weighted by atomic mass is 9.96. The van der Waals surface area contributed by atoms with E-state index in [1.165, 1.54) is 0 Å². The second-order valence-electron chi connectivity index (χ2n) is 3.97. The Hall–Kier alpha value is -1.39. The molecule has 86 valence electrons. The Morgan fingerprint density at radius 3 is 2.25 bits per heavy atom. The van der Waals surface area contributed by atoms with Gasteiger partial charge in [0.05, 0.1) is 11.0 Å². The van der Waals surface area contributed by atoms with E-state index < -0.39 is 23.0 Å². The largest absolute Gasteiger partial charge is 0.416 e. The van der Waals surface area contributed by atoms with Gasteiger partial charge in [0.1, 0.15) is 12.1 Å². The molecule has 16 heavy (non-hydrogen) atoms. The minimum atomic E-state index is -4.56. The van der Waals surface area contributed by atoms with Crippen LogP contribution >= 0.6 is 0 Å². The van der Waals surface area contributed by atoms with E-state index in [9.17, 15) is 22.4 Å². The van der Waals surface area contributed by atoms with Crippen molar-refractivity contribution >= 4 is 6.29 Å². The van der Waals surface area contributed by atoms with Crippen LogP contribution in [0.25, 0.3) is 0 Å². The van der Waals surface area contributed by atoms with E-state index in [1.807, 2.05) is 0 Å². The lowest BCUT2D eigenvalue weighted by molar-refractivity contribution is -0.137. The fourth-order valence-electron chi connectivity index (χ4n) is 1.68. The second-order valence-corrected chi connectivity index (χ2v) is 3.97. The van der Waals surface area contributed by atoms with Crippen LogP contribution in [0.3, 0.4) is 0 Å². The van der Waals surface area contributed by atoms with Gasteiger partial charge in [-0.2, -0.15) is 13.2 Å². The van der Waals surface area contributed by atoms with Crippen molar-refractivity contribution in [2.45, 2.75) is 24.4 Å². The van der Waals surface area contributed by atoms with Crippen LogP contribution in [0, 0.1) is 5.82 Å². The normalized spacial score (nSPS) is 18.2. The topological polar surface area (TPSA) is 17.1 Å². The van der Waals surface area contributed by atoms with Crippen molar-refractivity contribution in [1.82, 2.24) is 0 Å². The molecule has 1 aliphatic carbocycles. The molecule has 0 unspecified atom stereocenters. The lowest BCUT2D eigenvalue weighted by Crippen LogP contribution is -2.13. The van der Waals surface area contributed by atoms with Crippen molar-refractivity contribution in [3.63, 3.8) is 0 Å². The van der Waals surface area contributed by atoms with Crippen LogP contribution in [0.15, 0.2) is 18.2 Å². The fraction of sp³-hybridized carbons (Fsp3) is 0.364. The summed E-state index contributed by atoms with van der Waals surface area (Å²) in [5.74, 6) is -0.959. The summed E-state index contributed by atoms with van der Waals surface area (Å²) in [5, 5.41) is 0. The first kappa shape index (κ1) is 11.1. The molecule has 0 heterocycles. The van der Waals surface area contributed by atoms with E-state index in [0.29, 0.717) is 25.2 Å². The highest BCUT2D eigenvalue weighted by Gasteiger charge is 2.46. The summed E-state index contributed by atoms with van der Waals surface area (Å²) < 4.78 is 50.2. The summed E-state index contributed by atoms with van der Waals surface area (Å²) >= 11 is 0. The van der Waals surface area contributed by atoms with E-state index in [4.69, 9.17) is 0 Å². The van der Waals surface area contributed by atoms with Crippen LogP contribution in [-0.4, -0.2) is 6.29 Å². The predicted octanol–water partition coefficient (Wildman–Crippen LogP) is 3.08. The van der Waals surface area contributed by atoms with Gasteiger partial charge in [-0.3, -0.25) is 0 Å². The van der Waals surface area contributed by atoms with Crippen molar-refractivity contribution in [3.05, 3.63) is 35.1 Å². The summed E-state index contributed by atoms with van der Waals surface area (Å²) in [6, 6.07) is 2.31. The monoisotopic (exact) mass is 232 g/mol. The Morgan fingerprint density at radius 2 is 1.88 bits per heavy atom. The summed E-state index contributed by atoms with van der Waals surface area (Å²) in [7, 11) is 0. The number of alkyl halides is 3. The van der Waals surface area contributed by atoms with Gasteiger partial charge in [-0.25, -0.2) is 4.39 Å². The highest BCUT2D eigenvalue weighted by Crippen LogP contribution is 2.47. The third-order valence-electron chi connectivity index (χ3n) is 2.85. The molecule has 0 N–H and O–H groups in total. The van der Waals surface area contributed by atoms with Crippen LogP contribution in [0.2, 0.25) is 0 Å². The van der Waals surface area contributed by atoms with E-state index in [-0.39, 0.29) is 5.56 Å². The third-order valence-corrected chi connectivity index (χ3v) is 2.85. The van der Waals surface area contributed by atoms with Crippen LogP contribution in [-0.2, 0) is 16.4 Å². The van der Waals surface area contributed by atoms with Crippen LogP contribution in [0.5, 0.6) is 0 Å². The Bertz CT molecular complexity index is 432. The maximum Gasteiger partial charge on any atom is 0.416 e. The first-order valence-corrected chi connectivity index (χ1v) is 4.73. The van der Waals surface area contributed by atoms with E-state index >= 15 is 0 Å². The molecule has 0 aromatic heterocycles. The molecule has 2 rings (SSSR count). The maximum absolute atomic E-state index is 13.4. The van der Waals surface area contributed by atoms with Gasteiger partial charge in [0.25, 0.3) is 0 Å². The summed E-state index contributed by atoms with van der Waals surface area (Å²) in [6.07, 6.45) is -2.95. The van der Waals surface area contributed by atoms with Crippen molar-refractivity contribution in [1.29, 1.82) is 0 Å². The number of aldehydes is 1. The number of hydrogen-bond acceptors (Lipinski definition) is 1. The zero-order valence-corrected chi connectivity index (χ0v) is 8.14. The smallest absolute Gasteiger partial charge is 0.302 e. The zero-order chi connectivity index (χ0) is 12.0. The predicted molar refractivity (Wildman–Crippen MR) is 48.4 cm³/mol. The van der Waals surface area contributed by atoms with Gasteiger partial charge in [-0.15, -0.1) is 0 Å². The first-order valence-electron chi connectivity index (χ1n) is 4.73. The molecule has 1 aromatic rings. The molecule has 0 saturated heterocycles. The lowest BCUT2D eigenvalue weighted by Gasteiger charge is -2.12. The van der Waals surface area contributed by atoms with E-state index in [0.717, 1.165) is 12.1 Å². The molecule has 5 heteroatoms. The molecule has 0 spiro atoms. The van der Waals surface area contributed by atoms with Gasteiger partial charge in [0, 0.05) is 5.56 Å².